The van der Waals surface area contributed by atoms with Crippen LogP contribution in [0.1, 0.15) is 62.6 Å². The van der Waals surface area contributed by atoms with Crippen LogP contribution in [0.15, 0.2) is 197 Å². The molecule has 0 radical (unpaired) electrons. The lowest BCUT2D eigenvalue weighted by molar-refractivity contribution is 0.0592. The van der Waals surface area contributed by atoms with E-state index in [4.69, 9.17) is 0 Å². The first kappa shape index (κ1) is 31.0. The number of hydrogen-bond acceptors (Lipinski definition) is 0. The predicted octanol–water partition coefficient (Wildman–Crippen LogP) is 12.5. The van der Waals surface area contributed by atoms with Crippen molar-refractivity contribution in [1.82, 2.24) is 0 Å². The molecule has 240 valence electrons. The van der Waals surface area contributed by atoms with Gasteiger partial charge in [-0.15, -0.1) is 0 Å². The molecular weight excluding hydrogens is 597 g/mol. The molecule has 0 heterocycles. The number of rotatable bonds is 7. The van der Waals surface area contributed by atoms with Gasteiger partial charge in [-0.3, -0.25) is 0 Å². The summed E-state index contributed by atoms with van der Waals surface area (Å²) in [5.41, 5.74) is 4.37. The minimum atomic E-state index is -1.83. The lowest BCUT2D eigenvalue weighted by atomic mass is 9.45. The van der Waals surface area contributed by atoms with Crippen molar-refractivity contribution in [2.24, 2.45) is 0 Å². The summed E-state index contributed by atoms with van der Waals surface area (Å²) in [6, 6.07) is 69.7. The van der Waals surface area contributed by atoms with Gasteiger partial charge in [-0.2, -0.15) is 10.0 Å². The first-order valence-corrected chi connectivity index (χ1v) is 19.2. The van der Waals surface area contributed by atoms with Crippen LogP contribution < -0.4 is 0 Å². The van der Waals surface area contributed by atoms with Gasteiger partial charge in [-0.1, -0.05) is 159 Å². The average Bonchev–Trinajstić information content (AvgIpc) is 3.14. The molecule has 0 aromatic heterocycles. The Morgan fingerprint density at radius 2 is 0.625 bits per heavy atom. The molecule has 0 nitrogen and oxygen atoms in total. The summed E-state index contributed by atoms with van der Waals surface area (Å²) in [6.07, 6.45) is 5.66. The molecular formula is C47H46S. The summed E-state index contributed by atoms with van der Waals surface area (Å²) in [4.78, 5) is 4.41. The Hall–Kier alpha value is -4.33. The molecule has 0 spiro atoms. The van der Waals surface area contributed by atoms with Crippen LogP contribution in [-0.2, 0) is 16.2 Å². The molecule has 6 aromatic rings. The summed E-state index contributed by atoms with van der Waals surface area (Å²) in [6.45, 7) is 5.20. The fourth-order valence-corrected chi connectivity index (χ4v) is 16.2. The summed E-state index contributed by atoms with van der Waals surface area (Å²) in [5, 5.41) is 0. The molecule has 2 unspecified atom stereocenters. The first-order valence-electron chi connectivity index (χ1n) is 17.6. The number of fused-ring (bicyclic) bond motifs is 2. The predicted molar refractivity (Wildman–Crippen MR) is 203 cm³/mol. The van der Waals surface area contributed by atoms with Crippen LogP contribution in [0.4, 0.5) is 0 Å². The van der Waals surface area contributed by atoms with E-state index >= 15 is 0 Å². The van der Waals surface area contributed by atoms with E-state index in [0.717, 1.165) is 32.1 Å². The topological polar surface area (TPSA) is 0 Å². The van der Waals surface area contributed by atoms with Crippen LogP contribution >= 0.6 is 10.0 Å². The quantitative estimate of drug-likeness (QED) is 0.163. The third-order valence-corrected chi connectivity index (χ3v) is 16.5. The molecule has 2 saturated carbocycles. The zero-order chi connectivity index (χ0) is 32.7. The molecule has 2 fully saturated rings. The maximum absolute atomic E-state index is 2.60. The van der Waals surface area contributed by atoms with Gasteiger partial charge in [0.15, 0.2) is 0 Å². The molecule has 2 bridgehead atoms. The molecule has 6 aromatic carbocycles. The van der Waals surface area contributed by atoms with Crippen LogP contribution in [0.25, 0.3) is 0 Å². The van der Waals surface area contributed by atoms with Crippen molar-refractivity contribution < 1.29 is 0 Å². The van der Waals surface area contributed by atoms with E-state index in [2.05, 4.69) is 196 Å². The molecule has 8 rings (SSSR count). The summed E-state index contributed by atoms with van der Waals surface area (Å²) in [5.74, 6) is 0. The highest BCUT2D eigenvalue weighted by Gasteiger charge is 2.66. The Morgan fingerprint density at radius 3 is 0.958 bits per heavy atom. The smallest absolute Gasteiger partial charge is 0.0145 e. The lowest BCUT2D eigenvalue weighted by Gasteiger charge is -2.70. The normalized spacial score (nSPS) is 27.2. The van der Waals surface area contributed by atoms with E-state index in [9.17, 15) is 0 Å². The molecule has 0 aliphatic heterocycles. The fraction of sp³-hybridized carbons (Fsp3) is 0.234. The maximum Gasteiger partial charge on any atom is 0.0145 e. The van der Waals surface area contributed by atoms with Crippen molar-refractivity contribution in [2.75, 3.05) is 0 Å². The van der Waals surface area contributed by atoms with Gasteiger partial charge in [0, 0.05) is 4.75 Å². The molecule has 2 aliphatic carbocycles. The highest BCUT2D eigenvalue weighted by molar-refractivity contribution is 8.35. The van der Waals surface area contributed by atoms with Gasteiger partial charge in [0.1, 0.15) is 0 Å². The molecule has 1 heteroatoms. The van der Waals surface area contributed by atoms with Crippen LogP contribution in [0.5, 0.6) is 0 Å². The Kier molecular flexibility index (Phi) is 7.72. The molecule has 2 aliphatic rings. The van der Waals surface area contributed by atoms with Gasteiger partial charge in [-0.05, 0) is 116 Å². The van der Waals surface area contributed by atoms with Gasteiger partial charge in [-0.25, -0.2) is 0 Å². The second-order valence-corrected chi connectivity index (χ2v) is 18.6. The van der Waals surface area contributed by atoms with Crippen molar-refractivity contribution >= 4 is 10.0 Å². The summed E-state index contributed by atoms with van der Waals surface area (Å²) < 4.78 is -0.0708. The van der Waals surface area contributed by atoms with Crippen molar-refractivity contribution in [1.29, 1.82) is 0 Å². The standard InChI is InChI=1S/C47H46S/c1-44(38-21-9-3-10-22-38)33-46(40-25-13-5-14-26-40)34-45(2,39-23-11-4-12-24-39)36-47(35-44,37-46)48(41-27-15-6-16-28-41,42-29-17-7-18-30-42)43-31-19-8-20-32-43/h3-32H,33-37H2,1-2H3. The van der Waals surface area contributed by atoms with Crippen LogP contribution in [0, 0.1) is 0 Å². The van der Waals surface area contributed by atoms with Crippen molar-refractivity contribution in [3.05, 3.63) is 199 Å². The zero-order valence-electron chi connectivity index (χ0n) is 28.3. The molecule has 2 atom stereocenters. The minimum Gasteiger partial charge on any atom is -0.154 e. The third-order valence-electron chi connectivity index (χ3n) is 11.8. The van der Waals surface area contributed by atoms with Gasteiger partial charge in [0.25, 0.3) is 0 Å². The highest BCUT2D eigenvalue weighted by Crippen LogP contribution is 2.84. The Morgan fingerprint density at radius 1 is 0.333 bits per heavy atom. The van der Waals surface area contributed by atoms with E-state index in [0.29, 0.717) is 0 Å². The molecule has 0 saturated heterocycles. The van der Waals surface area contributed by atoms with Crippen molar-refractivity contribution in [2.45, 2.75) is 81.6 Å². The fourth-order valence-electron chi connectivity index (χ4n) is 10.6. The van der Waals surface area contributed by atoms with E-state index in [1.807, 2.05) is 0 Å². The number of benzene rings is 6. The van der Waals surface area contributed by atoms with Crippen molar-refractivity contribution in [3.63, 3.8) is 0 Å². The van der Waals surface area contributed by atoms with Gasteiger partial charge >= 0.3 is 0 Å². The van der Waals surface area contributed by atoms with E-state index in [1.54, 1.807) is 0 Å². The Bertz CT molecular complexity index is 1790. The summed E-state index contributed by atoms with van der Waals surface area (Å²) in [7, 11) is -1.83. The SMILES string of the molecule is CC1(c2ccccc2)CC2(c3ccccc3)CC(C)(c3ccccc3)CC(S(c3ccccc3)(c3ccccc3)c3ccccc3)(C1)C2. The zero-order valence-corrected chi connectivity index (χ0v) is 29.1. The van der Waals surface area contributed by atoms with Crippen LogP contribution in [0.2, 0.25) is 0 Å². The molecule has 0 amide bonds. The van der Waals surface area contributed by atoms with Crippen LogP contribution in [-0.4, -0.2) is 4.75 Å². The van der Waals surface area contributed by atoms with Crippen molar-refractivity contribution in [3.8, 4) is 0 Å². The number of hydrogen-bond donors (Lipinski definition) is 0. The van der Waals surface area contributed by atoms with E-state index < -0.39 is 10.0 Å². The van der Waals surface area contributed by atoms with E-state index in [-0.39, 0.29) is 21.0 Å². The molecule has 48 heavy (non-hydrogen) atoms. The first-order chi connectivity index (χ1) is 23.4. The minimum absolute atomic E-state index is 0.0238. The van der Waals surface area contributed by atoms with Gasteiger partial charge in [0.2, 0.25) is 0 Å². The Labute approximate surface area is 289 Å². The Balaban J connectivity index is 1.53. The highest BCUT2D eigenvalue weighted by atomic mass is 32.3. The van der Waals surface area contributed by atoms with Gasteiger partial charge in [0.05, 0.1) is 0 Å². The summed E-state index contributed by atoms with van der Waals surface area (Å²) >= 11 is 0. The third kappa shape index (κ3) is 4.89. The van der Waals surface area contributed by atoms with Crippen LogP contribution in [0.3, 0.4) is 0 Å². The second kappa shape index (κ2) is 12.0. The monoisotopic (exact) mass is 642 g/mol. The average molecular weight is 643 g/mol. The van der Waals surface area contributed by atoms with Gasteiger partial charge < -0.3 is 0 Å². The maximum atomic E-state index is 2.60. The largest absolute Gasteiger partial charge is 0.154 e. The lowest BCUT2D eigenvalue weighted by Crippen LogP contribution is -2.62. The molecule has 0 N–H and O–H groups in total. The second-order valence-electron chi connectivity index (χ2n) is 15.1. The van der Waals surface area contributed by atoms with E-state index in [1.165, 1.54) is 31.4 Å².